The molecule has 0 saturated carbocycles. The van der Waals surface area contributed by atoms with E-state index >= 15 is 0 Å². The number of piperidine rings is 1. The fourth-order valence-corrected chi connectivity index (χ4v) is 2.47. The third-order valence-electron chi connectivity index (χ3n) is 3.32. The Morgan fingerprint density at radius 2 is 2.35 bits per heavy atom. The SMILES string of the molecule is C=CC(=O)NC1CCC(=O)NC1C1CCCO1. The van der Waals surface area contributed by atoms with Crippen LogP contribution >= 0.6 is 0 Å². The fourth-order valence-electron chi connectivity index (χ4n) is 2.47. The Bertz CT molecular complexity index is 324. The van der Waals surface area contributed by atoms with Crippen LogP contribution in [-0.4, -0.2) is 36.6 Å². The van der Waals surface area contributed by atoms with Gasteiger partial charge < -0.3 is 15.4 Å². The molecule has 2 N–H and O–H groups in total. The van der Waals surface area contributed by atoms with Crippen molar-refractivity contribution in [1.29, 1.82) is 0 Å². The van der Waals surface area contributed by atoms with Gasteiger partial charge in [0, 0.05) is 13.0 Å². The Hall–Kier alpha value is -1.36. The van der Waals surface area contributed by atoms with Crippen LogP contribution in [0, 0.1) is 0 Å². The summed E-state index contributed by atoms with van der Waals surface area (Å²) in [6.45, 7) is 4.17. The molecule has 2 amide bonds. The first-order valence-electron chi connectivity index (χ1n) is 6.04. The van der Waals surface area contributed by atoms with Crippen LogP contribution in [0.2, 0.25) is 0 Å². The lowest BCUT2D eigenvalue weighted by Gasteiger charge is -2.35. The summed E-state index contributed by atoms with van der Waals surface area (Å²) in [5.41, 5.74) is 0. The van der Waals surface area contributed by atoms with Crippen LogP contribution in [0.15, 0.2) is 12.7 Å². The third kappa shape index (κ3) is 2.85. The summed E-state index contributed by atoms with van der Waals surface area (Å²) >= 11 is 0. The standard InChI is InChI=1S/C12H18N2O3/c1-2-10(15)13-8-5-6-11(16)14-12(8)9-4-3-7-17-9/h2,8-9,12H,1,3-7H2,(H,13,15)(H,14,16). The second-order valence-corrected chi connectivity index (χ2v) is 4.50. The summed E-state index contributed by atoms with van der Waals surface area (Å²) in [6.07, 6.45) is 4.34. The molecule has 0 aliphatic carbocycles. The molecule has 2 heterocycles. The van der Waals surface area contributed by atoms with Crippen molar-refractivity contribution in [3.05, 3.63) is 12.7 Å². The Morgan fingerprint density at radius 1 is 1.53 bits per heavy atom. The van der Waals surface area contributed by atoms with Crippen LogP contribution in [-0.2, 0) is 14.3 Å². The number of carbonyl (C=O) groups is 2. The van der Waals surface area contributed by atoms with Gasteiger partial charge in [-0.05, 0) is 25.3 Å². The molecule has 0 radical (unpaired) electrons. The molecule has 2 aliphatic rings. The van der Waals surface area contributed by atoms with E-state index in [1.165, 1.54) is 6.08 Å². The molecule has 2 saturated heterocycles. The Labute approximate surface area is 101 Å². The monoisotopic (exact) mass is 238 g/mol. The van der Waals surface area contributed by atoms with E-state index in [1.54, 1.807) is 0 Å². The van der Waals surface area contributed by atoms with Crippen molar-refractivity contribution in [3.63, 3.8) is 0 Å². The van der Waals surface area contributed by atoms with E-state index < -0.39 is 0 Å². The minimum Gasteiger partial charge on any atom is -0.376 e. The average Bonchev–Trinajstić information content (AvgIpc) is 2.84. The Kier molecular flexibility index (Phi) is 3.78. The van der Waals surface area contributed by atoms with Crippen molar-refractivity contribution in [1.82, 2.24) is 10.6 Å². The van der Waals surface area contributed by atoms with Crippen molar-refractivity contribution in [2.45, 2.75) is 43.9 Å². The second kappa shape index (κ2) is 5.31. The topological polar surface area (TPSA) is 67.4 Å². The number of carbonyl (C=O) groups excluding carboxylic acids is 2. The zero-order valence-corrected chi connectivity index (χ0v) is 9.78. The van der Waals surface area contributed by atoms with Gasteiger partial charge in [-0.1, -0.05) is 6.58 Å². The van der Waals surface area contributed by atoms with E-state index in [1.807, 2.05) is 0 Å². The van der Waals surface area contributed by atoms with Crippen molar-refractivity contribution in [3.8, 4) is 0 Å². The van der Waals surface area contributed by atoms with E-state index in [0.29, 0.717) is 12.8 Å². The van der Waals surface area contributed by atoms with Gasteiger partial charge in [0.05, 0.1) is 18.2 Å². The summed E-state index contributed by atoms with van der Waals surface area (Å²) in [5.74, 6) is -0.163. The number of rotatable bonds is 3. The average molecular weight is 238 g/mol. The fraction of sp³-hybridized carbons (Fsp3) is 0.667. The summed E-state index contributed by atoms with van der Waals surface area (Å²) in [6, 6.07) is -0.163. The highest BCUT2D eigenvalue weighted by atomic mass is 16.5. The molecule has 0 aromatic heterocycles. The van der Waals surface area contributed by atoms with Crippen molar-refractivity contribution in [2.24, 2.45) is 0 Å². The van der Waals surface area contributed by atoms with Crippen LogP contribution in [0.3, 0.4) is 0 Å². The van der Waals surface area contributed by atoms with Crippen LogP contribution in [0.4, 0.5) is 0 Å². The highest BCUT2D eigenvalue weighted by Gasteiger charge is 2.37. The number of amides is 2. The van der Waals surface area contributed by atoms with Crippen LogP contribution in [0.25, 0.3) is 0 Å². The Morgan fingerprint density at radius 3 is 3.00 bits per heavy atom. The van der Waals surface area contributed by atoms with E-state index in [0.717, 1.165) is 19.4 Å². The van der Waals surface area contributed by atoms with Gasteiger partial charge in [0.2, 0.25) is 11.8 Å². The molecule has 3 unspecified atom stereocenters. The summed E-state index contributed by atoms with van der Waals surface area (Å²) in [4.78, 5) is 22.8. The zero-order chi connectivity index (χ0) is 12.3. The number of hydrogen-bond donors (Lipinski definition) is 2. The second-order valence-electron chi connectivity index (χ2n) is 4.50. The maximum absolute atomic E-state index is 11.4. The molecule has 5 heteroatoms. The number of ether oxygens (including phenoxy) is 1. The van der Waals surface area contributed by atoms with Gasteiger partial charge in [0.15, 0.2) is 0 Å². The van der Waals surface area contributed by atoms with Gasteiger partial charge in [0.25, 0.3) is 0 Å². The van der Waals surface area contributed by atoms with Gasteiger partial charge in [0.1, 0.15) is 0 Å². The van der Waals surface area contributed by atoms with E-state index in [-0.39, 0.29) is 30.0 Å². The molecule has 0 spiro atoms. The molecule has 2 fully saturated rings. The lowest BCUT2D eigenvalue weighted by Crippen LogP contribution is -2.59. The summed E-state index contributed by atoms with van der Waals surface area (Å²) in [5, 5.41) is 5.79. The molecule has 94 valence electrons. The zero-order valence-electron chi connectivity index (χ0n) is 9.78. The number of nitrogens with one attached hydrogen (secondary N) is 2. The van der Waals surface area contributed by atoms with Gasteiger partial charge in [-0.3, -0.25) is 9.59 Å². The van der Waals surface area contributed by atoms with Crippen LogP contribution in [0.5, 0.6) is 0 Å². The molecule has 3 atom stereocenters. The smallest absolute Gasteiger partial charge is 0.243 e. The molecule has 17 heavy (non-hydrogen) atoms. The molecule has 0 aromatic rings. The highest BCUT2D eigenvalue weighted by Crippen LogP contribution is 2.22. The molecule has 0 bridgehead atoms. The molecular weight excluding hydrogens is 220 g/mol. The quantitative estimate of drug-likeness (QED) is 0.686. The first-order valence-corrected chi connectivity index (χ1v) is 6.04. The highest BCUT2D eigenvalue weighted by molar-refractivity contribution is 5.87. The van der Waals surface area contributed by atoms with Crippen molar-refractivity contribution >= 4 is 11.8 Å². The lowest BCUT2D eigenvalue weighted by molar-refractivity contribution is -0.127. The predicted octanol–water partition coefficient (Wildman–Crippen LogP) is 0.115. The lowest BCUT2D eigenvalue weighted by atomic mass is 9.92. The molecule has 2 rings (SSSR count). The van der Waals surface area contributed by atoms with Gasteiger partial charge >= 0.3 is 0 Å². The van der Waals surface area contributed by atoms with E-state index in [2.05, 4.69) is 17.2 Å². The van der Waals surface area contributed by atoms with Gasteiger partial charge in [-0.25, -0.2) is 0 Å². The maximum Gasteiger partial charge on any atom is 0.243 e. The minimum atomic E-state index is -0.200. The molecule has 2 aliphatic heterocycles. The molecule has 0 aromatic carbocycles. The van der Waals surface area contributed by atoms with E-state index in [4.69, 9.17) is 4.74 Å². The molecule has 5 nitrogen and oxygen atoms in total. The summed E-state index contributed by atoms with van der Waals surface area (Å²) < 4.78 is 5.59. The first-order chi connectivity index (χ1) is 8.20. The first kappa shape index (κ1) is 12.1. The largest absolute Gasteiger partial charge is 0.376 e. The van der Waals surface area contributed by atoms with Gasteiger partial charge in [-0.15, -0.1) is 0 Å². The molecular formula is C12H18N2O3. The minimum absolute atomic E-state index is 0.0226. The van der Waals surface area contributed by atoms with Crippen molar-refractivity contribution in [2.75, 3.05) is 6.61 Å². The van der Waals surface area contributed by atoms with Crippen LogP contribution in [0.1, 0.15) is 25.7 Å². The van der Waals surface area contributed by atoms with E-state index in [9.17, 15) is 9.59 Å². The predicted molar refractivity (Wildman–Crippen MR) is 62.3 cm³/mol. The van der Waals surface area contributed by atoms with Gasteiger partial charge in [-0.2, -0.15) is 0 Å². The Balaban J connectivity index is 2.02. The van der Waals surface area contributed by atoms with Crippen molar-refractivity contribution < 1.29 is 14.3 Å². The van der Waals surface area contributed by atoms with Crippen LogP contribution < -0.4 is 10.6 Å². The number of hydrogen-bond acceptors (Lipinski definition) is 3. The third-order valence-corrected chi connectivity index (χ3v) is 3.32. The maximum atomic E-state index is 11.4. The normalized spacial score (nSPS) is 32.9. The summed E-state index contributed by atoms with van der Waals surface area (Å²) in [7, 11) is 0.